The van der Waals surface area contributed by atoms with Crippen molar-refractivity contribution < 1.29 is 19.4 Å². The van der Waals surface area contributed by atoms with E-state index in [4.69, 9.17) is 4.74 Å². The number of ether oxygens (including phenoxy) is 1. The second kappa shape index (κ2) is 13.1. The average molecular weight is 486 g/mol. The van der Waals surface area contributed by atoms with Gasteiger partial charge in [-0.05, 0) is 75.8 Å². The molecule has 5 nitrogen and oxygen atoms in total. The minimum absolute atomic E-state index is 0.118. The van der Waals surface area contributed by atoms with E-state index in [1.165, 1.54) is 29.1 Å². The van der Waals surface area contributed by atoms with Gasteiger partial charge in [-0.3, -0.25) is 4.79 Å². The van der Waals surface area contributed by atoms with Crippen LogP contribution in [0.3, 0.4) is 0 Å². The highest BCUT2D eigenvalue weighted by molar-refractivity contribution is 7.13. The molecule has 0 radical (unpaired) electrons. The van der Waals surface area contributed by atoms with Crippen LogP contribution in [0.25, 0.3) is 0 Å². The number of esters is 1. The van der Waals surface area contributed by atoms with Gasteiger partial charge < -0.3 is 14.7 Å². The molecule has 1 unspecified atom stereocenters. The summed E-state index contributed by atoms with van der Waals surface area (Å²) in [5.41, 5.74) is 1.84. The number of nitrogens with zero attached hydrogens (tertiary/aromatic N) is 1. The van der Waals surface area contributed by atoms with Gasteiger partial charge in [-0.25, -0.2) is 4.79 Å². The van der Waals surface area contributed by atoms with Gasteiger partial charge in [-0.15, -0.1) is 11.3 Å². The Balaban J connectivity index is 1.52. The fourth-order valence-corrected chi connectivity index (χ4v) is 5.50. The molecule has 1 aromatic heterocycles. The maximum Gasteiger partial charge on any atom is 0.348 e. The molecule has 1 amide bonds. The van der Waals surface area contributed by atoms with Crippen molar-refractivity contribution in [1.82, 2.24) is 0 Å². The molecule has 1 aromatic carbocycles. The van der Waals surface area contributed by atoms with E-state index >= 15 is 0 Å². The minimum Gasteiger partial charge on any atom is -0.459 e. The molecule has 6 heteroatoms. The van der Waals surface area contributed by atoms with Gasteiger partial charge >= 0.3 is 5.97 Å². The van der Waals surface area contributed by atoms with Gasteiger partial charge in [0.15, 0.2) is 0 Å². The predicted molar refractivity (Wildman–Crippen MR) is 138 cm³/mol. The van der Waals surface area contributed by atoms with E-state index in [1.807, 2.05) is 55.1 Å². The smallest absolute Gasteiger partial charge is 0.348 e. The van der Waals surface area contributed by atoms with Crippen LogP contribution >= 0.6 is 11.3 Å². The minimum atomic E-state index is -0.440. The number of unbranched alkanes of at least 4 members (excludes halogenated alkanes) is 3. The van der Waals surface area contributed by atoms with E-state index in [9.17, 15) is 14.7 Å². The molecule has 1 N–H and O–H groups in total. The van der Waals surface area contributed by atoms with Crippen molar-refractivity contribution in [3.63, 3.8) is 0 Å². The number of aliphatic hydroxyl groups is 1. The molecule has 34 heavy (non-hydrogen) atoms. The van der Waals surface area contributed by atoms with E-state index in [0.29, 0.717) is 11.3 Å². The van der Waals surface area contributed by atoms with Gasteiger partial charge in [0.2, 0.25) is 5.91 Å². The summed E-state index contributed by atoms with van der Waals surface area (Å²) in [6, 6.07) is 11.9. The lowest BCUT2D eigenvalue weighted by molar-refractivity contribution is -0.117. The first-order chi connectivity index (χ1) is 16.4. The third kappa shape index (κ3) is 7.41. The molecular formula is C28H39NO4S. The Morgan fingerprint density at radius 3 is 2.59 bits per heavy atom. The van der Waals surface area contributed by atoms with Crippen LogP contribution in [0.15, 0.2) is 36.4 Å². The van der Waals surface area contributed by atoms with Crippen molar-refractivity contribution in [2.75, 3.05) is 4.90 Å². The number of aliphatic hydroxyl groups excluding tert-OH is 1. The predicted octanol–water partition coefficient (Wildman–Crippen LogP) is 6.84. The number of aryl methyl sites for hydroxylation is 1. The van der Waals surface area contributed by atoms with Gasteiger partial charge in [-0.2, -0.15) is 0 Å². The first-order valence-corrected chi connectivity index (χ1v) is 13.6. The van der Waals surface area contributed by atoms with E-state index in [1.54, 1.807) is 0 Å². The molecule has 2 atom stereocenters. The zero-order valence-corrected chi connectivity index (χ0v) is 21.6. The molecule has 0 bridgehead atoms. The second-order valence-corrected chi connectivity index (χ2v) is 10.7. The highest BCUT2D eigenvalue weighted by Gasteiger charge is 2.31. The maximum atomic E-state index is 12.6. The summed E-state index contributed by atoms with van der Waals surface area (Å²) in [5, 5.41) is 10.5. The highest BCUT2D eigenvalue weighted by atomic mass is 32.1. The lowest BCUT2D eigenvalue weighted by Gasteiger charge is -2.25. The van der Waals surface area contributed by atoms with Gasteiger partial charge in [-0.1, -0.05) is 44.7 Å². The van der Waals surface area contributed by atoms with Crippen LogP contribution in [-0.4, -0.2) is 29.1 Å². The molecule has 1 aliphatic rings. The number of amides is 1. The second-order valence-electron chi connectivity index (χ2n) is 9.53. The van der Waals surface area contributed by atoms with Gasteiger partial charge in [0.05, 0.1) is 12.2 Å². The van der Waals surface area contributed by atoms with Crippen LogP contribution in [0, 0.1) is 0 Å². The first-order valence-electron chi connectivity index (χ1n) is 12.8. The number of hydrogen-bond acceptors (Lipinski definition) is 5. The average Bonchev–Trinajstić information content (AvgIpc) is 3.43. The summed E-state index contributed by atoms with van der Waals surface area (Å²) in [6.07, 6.45) is 9.05. The van der Waals surface area contributed by atoms with Crippen molar-refractivity contribution in [1.29, 1.82) is 0 Å². The Hall–Kier alpha value is -2.18. The van der Waals surface area contributed by atoms with Crippen molar-refractivity contribution >= 4 is 28.9 Å². The summed E-state index contributed by atoms with van der Waals surface area (Å²) in [4.78, 5) is 28.5. The number of rotatable bonds is 13. The van der Waals surface area contributed by atoms with E-state index < -0.39 is 6.10 Å². The molecule has 0 saturated carbocycles. The normalized spacial score (nSPS) is 16.9. The fraction of sp³-hybridized carbons (Fsp3) is 0.571. The van der Waals surface area contributed by atoms with Crippen LogP contribution in [0.5, 0.6) is 0 Å². The lowest BCUT2D eigenvalue weighted by Crippen LogP contribution is -2.32. The Morgan fingerprint density at radius 1 is 1.12 bits per heavy atom. The molecule has 1 aliphatic heterocycles. The number of carbonyl (C=O) groups is 2. The summed E-state index contributed by atoms with van der Waals surface area (Å²) in [6.45, 7) is 5.89. The Morgan fingerprint density at radius 2 is 1.88 bits per heavy atom. The number of thiophene rings is 1. The van der Waals surface area contributed by atoms with Crippen LogP contribution in [-0.2, 0) is 16.0 Å². The zero-order valence-electron chi connectivity index (χ0n) is 20.8. The topological polar surface area (TPSA) is 66.8 Å². The molecule has 0 spiro atoms. The monoisotopic (exact) mass is 485 g/mol. The summed E-state index contributed by atoms with van der Waals surface area (Å²) < 4.78 is 5.27. The van der Waals surface area contributed by atoms with E-state index in [0.717, 1.165) is 56.2 Å². The molecular weight excluding hydrogens is 446 g/mol. The van der Waals surface area contributed by atoms with Crippen LogP contribution in [0.1, 0.15) is 105 Å². The van der Waals surface area contributed by atoms with Crippen molar-refractivity contribution in [2.24, 2.45) is 0 Å². The first kappa shape index (κ1) is 26.4. The Kier molecular flexibility index (Phi) is 10.1. The summed E-state index contributed by atoms with van der Waals surface area (Å²) in [5.74, 6) is -0.0824. The molecule has 0 aliphatic carbocycles. The number of carbonyl (C=O) groups excluding carboxylic acids is 2. The van der Waals surface area contributed by atoms with Crippen LogP contribution in [0.2, 0.25) is 0 Å². The molecule has 186 valence electrons. The fourth-order valence-electron chi connectivity index (χ4n) is 4.57. The van der Waals surface area contributed by atoms with Crippen molar-refractivity contribution in [3.8, 4) is 0 Å². The third-order valence-electron chi connectivity index (χ3n) is 6.38. The SMILES string of the molecule is CCCCCCC(O)c1ccc(N2C(=O)CC[C@@H]2CCCc2ccc(C(=O)OC(C)C)s2)cc1. The molecule has 1 fully saturated rings. The largest absolute Gasteiger partial charge is 0.459 e. The van der Waals surface area contributed by atoms with E-state index in [2.05, 4.69) is 6.92 Å². The molecule has 1 saturated heterocycles. The number of benzene rings is 1. The van der Waals surface area contributed by atoms with Gasteiger partial charge in [0.25, 0.3) is 0 Å². The Bertz CT molecular complexity index is 921. The van der Waals surface area contributed by atoms with Gasteiger partial charge in [0.1, 0.15) is 4.88 Å². The highest BCUT2D eigenvalue weighted by Crippen LogP contribution is 2.31. The molecule has 2 heterocycles. The van der Waals surface area contributed by atoms with Gasteiger partial charge in [0, 0.05) is 23.0 Å². The standard InChI is InChI=1S/C28H39NO4S/c1-4-5-6-7-11-25(30)21-12-14-23(15-13-21)29-22(16-19-27(29)31)9-8-10-24-17-18-26(34-24)28(32)33-20(2)3/h12-15,17-18,20,22,25,30H,4-11,16,19H2,1-3H3/t22-,25?/m0/s1. The number of hydrogen-bond donors (Lipinski definition) is 1. The van der Waals surface area contributed by atoms with Crippen LogP contribution in [0.4, 0.5) is 5.69 Å². The summed E-state index contributed by atoms with van der Waals surface area (Å²) in [7, 11) is 0. The maximum absolute atomic E-state index is 12.6. The molecule has 3 rings (SSSR count). The summed E-state index contributed by atoms with van der Waals surface area (Å²) >= 11 is 1.50. The molecule has 2 aromatic rings. The lowest BCUT2D eigenvalue weighted by atomic mass is 10.0. The van der Waals surface area contributed by atoms with Crippen molar-refractivity contribution in [3.05, 3.63) is 51.7 Å². The third-order valence-corrected chi connectivity index (χ3v) is 7.50. The quantitative estimate of drug-likeness (QED) is 0.249. The zero-order chi connectivity index (χ0) is 24.5. The van der Waals surface area contributed by atoms with E-state index in [-0.39, 0.29) is 24.0 Å². The van der Waals surface area contributed by atoms with Crippen LogP contribution < -0.4 is 4.90 Å². The Labute approximate surface area is 208 Å². The van der Waals surface area contributed by atoms with Crippen molar-refractivity contribution in [2.45, 2.75) is 103 Å². The number of anilines is 1.